The molecule has 0 bridgehead atoms. The average Bonchev–Trinajstić information content (AvgIpc) is 2.69. The number of rotatable bonds is 3. The number of anilines is 1. The Bertz CT molecular complexity index is 469. The molecular formula is C14H19N3OS. The lowest BCUT2D eigenvalue weighted by atomic mass is 10.2. The number of carbonyl (C=O) groups is 1. The van der Waals surface area contributed by atoms with E-state index in [4.69, 9.17) is 5.26 Å². The summed E-state index contributed by atoms with van der Waals surface area (Å²) in [4.78, 5) is 14.5. The van der Waals surface area contributed by atoms with Gasteiger partial charge < -0.3 is 5.32 Å². The van der Waals surface area contributed by atoms with E-state index in [-0.39, 0.29) is 11.9 Å². The van der Waals surface area contributed by atoms with Crippen molar-refractivity contribution < 1.29 is 4.79 Å². The normalized spacial score (nSPS) is 18.3. The first-order valence-corrected chi connectivity index (χ1v) is 7.63. The van der Waals surface area contributed by atoms with Gasteiger partial charge in [0.15, 0.2) is 0 Å². The predicted octanol–water partition coefficient (Wildman–Crippen LogP) is 2.82. The third-order valence-corrected chi connectivity index (χ3v) is 4.42. The molecule has 4 nitrogen and oxygen atoms in total. The summed E-state index contributed by atoms with van der Waals surface area (Å²) in [5.74, 6) is -0.0131. The number of hydrogen-bond acceptors (Lipinski definition) is 4. The number of likely N-dealkylation sites (tertiary alicyclic amines) is 1. The Balaban J connectivity index is 1.97. The SMILES string of the molecule is C[C@H](C(=O)Nc1sccc1C#N)N1CCCCCC1. The average molecular weight is 277 g/mol. The summed E-state index contributed by atoms with van der Waals surface area (Å²) in [6.07, 6.45) is 4.85. The Hall–Kier alpha value is -1.38. The number of hydrogen-bond donors (Lipinski definition) is 1. The minimum atomic E-state index is -0.133. The van der Waals surface area contributed by atoms with Crippen LogP contribution in [0.3, 0.4) is 0 Å². The van der Waals surface area contributed by atoms with E-state index in [1.54, 1.807) is 6.07 Å². The fourth-order valence-corrected chi connectivity index (χ4v) is 3.10. The minimum absolute atomic E-state index is 0.0131. The minimum Gasteiger partial charge on any atom is -0.315 e. The molecule has 1 aromatic heterocycles. The van der Waals surface area contributed by atoms with Crippen molar-refractivity contribution in [3.8, 4) is 6.07 Å². The summed E-state index contributed by atoms with van der Waals surface area (Å²) >= 11 is 1.40. The van der Waals surface area contributed by atoms with Crippen molar-refractivity contribution in [3.63, 3.8) is 0 Å². The second-order valence-corrected chi connectivity index (χ2v) is 5.81. The van der Waals surface area contributed by atoms with Crippen molar-refractivity contribution >= 4 is 22.2 Å². The molecule has 1 atom stereocenters. The molecule has 102 valence electrons. The summed E-state index contributed by atoms with van der Waals surface area (Å²) in [7, 11) is 0. The maximum absolute atomic E-state index is 12.2. The van der Waals surface area contributed by atoms with Gasteiger partial charge >= 0.3 is 0 Å². The molecule has 1 aliphatic heterocycles. The number of nitrogens with one attached hydrogen (secondary N) is 1. The molecule has 0 unspecified atom stereocenters. The Morgan fingerprint density at radius 2 is 2.11 bits per heavy atom. The van der Waals surface area contributed by atoms with E-state index < -0.39 is 0 Å². The van der Waals surface area contributed by atoms with Crippen LogP contribution in [0.15, 0.2) is 11.4 Å². The van der Waals surface area contributed by atoms with Gasteiger partial charge in [0, 0.05) is 0 Å². The van der Waals surface area contributed by atoms with E-state index in [1.165, 1.54) is 37.0 Å². The monoisotopic (exact) mass is 277 g/mol. The largest absolute Gasteiger partial charge is 0.315 e. The topological polar surface area (TPSA) is 56.1 Å². The summed E-state index contributed by atoms with van der Waals surface area (Å²) in [5.41, 5.74) is 0.543. The van der Waals surface area contributed by atoms with Crippen molar-refractivity contribution in [2.75, 3.05) is 18.4 Å². The molecular weight excluding hydrogens is 258 g/mol. The maximum Gasteiger partial charge on any atom is 0.242 e. The molecule has 1 fully saturated rings. The van der Waals surface area contributed by atoms with E-state index in [2.05, 4.69) is 16.3 Å². The summed E-state index contributed by atoms with van der Waals surface area (Å²) < 4.78 is 0. The van der Waals surface area contributed by atoms with Gasteiger partial charge in [-0.3, -0.25) is 9.69 Å². The third-order valence-electron chi connectivity index (χ3n) is 3.59. The van der Waals surface area contributed by atoms with Crippen LogP contribution in [0.25, 0.3) is 0 Å². The zero-order valence-corrected chi connectivity index (χ0v) is 12.0. The van der Waals surface area contributed by atoms with Crippen LogP contribution >= 0.6 is 11.3 Å². The maximum atomic E-state index is 12.2. The number of carbonyl (C=O) groups excluding carboxylic acids is 1. The Morgan fingerprint density at radius 3 is 2.74 bits per heavy atom. The molecule has 1 amide bonds. The fraction of sp³-hybridized carbons (Fsp3) is 0.571. The second-order valence-electron chi connectivity index (χ2n) is 4.89. The van der Waals surface area contributed by atoms with Crippen molar-refractivity contribution in [1.82, 2.24) is 4.90 Å². The van der Waals surface area contributed by atoms with Crippen LogP contribution < -0.4 is 5.32 Å². The van der Waals surface area contributed by atoms with Gasteiger partial charge in [-0.25, -0.2) is 0 Å². The Morgan fingerprint density at radius 1 is 1.42 bits per heavy atom. The highest BCUT2D eigenvalue weighted by Gasteiger charge is 2.22. The number of nitriles is 1. The molecule has 0 radical (unpaired) electrons. The fourth-order valence-electron chi connectivity index (χ4n) is 2.36. The zero-order chi connectivity index (χ0) is 13.7. The standard InChI is InChI=1S/C14H19N3OS/c1-11(17-7-4-2-3-5-8-17)13(18)16-14-12(10-15)6-9-19-14/h6,9,11H,2-5,7-8H2,1H3,(H,16,18)/t11-/m1/s1. The lowest BCUT2D eigenvalue weighted by Gasteiger charge is -2.26. The van der Waals surface area contributed by atoms with Crippen LogP contribution in [0.5, 0.6) is 0 Å². The van der Waals surface area contributed by atoms with Gasteiger partial charge in [-0.2, -0.15) is 5.26 Å². The van der Waals surface area contributed by atoms with Gasteiger partial charge in [0.2, 0.25) is 5.91 Å². The highest BCUT2D eigenvalue weighted by atomic mass is 32.1. The molecule has 19 heavy (non-hydrogen) atoms. The van der Waals surface area contributed by atoms with Gasteiger partial charge in [0.25, 0.3) is 0 Å². The van der Waals surface area contributed by atoms with E-state index in [0.29, 0.717) is 10.6 Å². The van der Waals surface area contributed by atoms with Gasteiger partial charge in [-0.1, -0.05) is 12.8 Å². The molecule has 1 aliphatic rings. The van der Waals surface area contributed by atoms with Crippen molar-refractivity contribution in [1.29, 1.82) is 5.26 Å². The van der Waals surface area contributed by atoms with Crippen LogP contribution in [-0.4, -0.2) is 29.9 Å². The third kappa shape index (κ3) is 3.55. The summed E-state index contributed by atoms with van der Waals surface area (Å²) in [5, 5.41) is 14.3. The van der Waals surface area contributed by atoms with Gasteiger partial charge in [0.1, 0.15) is 11.1 Å². The summed E-state index contributed by atoms with van der Waals surface area (Å²) in [6.45, 7) is 3.93. The first-order chi connectivity index (χ1) is 9.22. The molecule has 0 spiro atoms. The van der Waals surface area contributed by atoms with Crippen molar-refractivity contribution in [2.24, 2.45) is 0 Å². The van der Waals surface area contributed by atoms with Crippen LogP contribution in [0.1, 0.15) is 38.2 Å². The lowest BCUT2D eigenvalue weighted by Crippen LogP contribution is -2.42. The molecule has 1 N–H and O–H groups in total. The number of thiophene rings is 1. The molecule has 2 rings (SSSR count). The van der Waals surface area contributed by atoms with Gasteiger partial charge in [0.05, 0.1) is 11.6 Å². The quantitative estimate of drug-likeness (QED) is 0.924. The molecule has 1 aromatic rings. The molecule has 1 saturated heterocycles. The molecule has 0 aromatic carbocycles. The predicted molar refractivity (Wildman–Crippen MR) is 77.2 cm³/mol. The Labute approximate surface area is 118 Å². The number of amides is 1. The first-order valence-electron chi connectivity index (χ1n) is 6.75. The Kier molecular flexibility index (Phi) is 4.94. The highest BCUT2D eigenvalue weighted by molar-refractivity contribution is 7.14. The molecule has 2 heterocycles. The van der Waals surface area contributed by atoms with Crippen LogP contribution in [0.4, 0.5) is 5.00 Å². The lowest BCUT2D eigenvalue weighted by molar-refractivity contribution is -0.120. The van der Waals surface area contributed by atoms with E-state index >= 15 is 0 Å². The van der Waals surface area contributed by atoms with Crippen LogP contribution in [0, 0.1) is 11.3 Å². The smallest absolute Gasteiger partial charge is 0.242 e. The summed E-state index contributed by atoms with van der Waals surface area (Å²) in [6, 6.07) is 3.69. The van der Waals surface area contributed by atoms with Crippen molar-refractivity contribution in [3.05, 3.63) is 17.0 Å². The van der Waals surface area contributed by atoms with Crippen molar-refractivity contribution in [2.45, 2.75) is 38.6 Å². The van der Waals surface area contributed by atoms with E-state index in [1.807, 2.05) is 12.3 Å². The van der Waals surface area contributed by atoms with Crippen LogP contribution in [0.2, 0.25) is 0 Å². The molecule has 0 aliphatic carbocycles. The second kappa shape index (κ2) is 6.69. The van der Waals surface area contributed by atoms with Gasteiger partial charge in [-0.15, -0.1) is 11.3 Å². The number of nitrogens with zero attached hydrogens (tertiary/aromatic N) is 2. The van der Waals surface area contributed by atoms with E-state index in [0.717, 1.165) is 13.1 Å². The van der Waals surface area contributed by atoms with Crippen LogP contribution in [-0.2, 0) is 4.79 Å². The zero-order valence-electron chi connectivity index (χ0n) is 11.2. The van der Waals surface area contributed by atoms with Gasteiger partial charge in [-0.05, 0) is 44.3 Å². The first kappa shape index (κ1) is 14.0. The molecule has 0 saturated carbocycles. The van der Waals surface area contributed by atoms with E-state index in [9.17, 15) is 4.79 Å². The highest BCUT2D eigenvalue weighted by Crippen LogP contribution is 2.23. The molecule has 5 heteroatoms.